The molecule has 2 aliphatic heterocycles. The van der Waals surface area contributed by atoms with Gasteiger partial charge in [-0.3, -0.25) is 9.80 Å². The van der Waals surface area contributed by atoms with Crippen molar-refractivity contribution in [2.45, 2.75) is 45.8 Å². The van der Waals surface area contributed by atoms with E-state index in [1.807, 2.05) is 0 Å². The highest BCUT2D eigenvalue weighted by Gasteiger charge is 2.46. The molecule has 0 radical (unpaired) electrons. The van der Waals surface area contributed by atoms with Crippen molar-refractivity contribution in [2.24, 2.45) is 5.92 Å². The molecule has 2 aliphatic rings. The molecule has 76 valence electrons. The molecule has 0 aromatic rings. The zero-order valence-electron chi connectivity index (χ0n) is 9.33. The molecule has 2 saturated heterocycles. The molecule has 0 amide bonds. The molecule has 0 bridgehead atoms. The van der Waals surface area contributed by atoms with Crippen LogP contribution < -0.4 is 0 Å². The van der Waals surface area contributed by atoms with Crippen molar-refractivity contribution in [3.8, 4) is 0 Å². The Morgan fingerprint density at radius 3 is 2.15 bits per heavy atom. The summed E-state index contributed by atoms with van der Waals surface area (Å²) >= 11 is 0. The Balaban J connectivity index is 1.91. The van der Waals surface area contributed by atoms with E-state index in [0.29, 0.717) is 0 Å². The van der Waals surface area contributed by atoms with Crippen LogP contribution in [-0.4, -0.2) is 47.6 Å². The predicted octanol–water partition coefficient (Wildman–Crippen LogP) is 1.42. The van der Waals surface area contributed by atoms with Crippen molar-refractivity contribution in [2.75, 3.05) is 19.6 Å². The van der Waals surface area contributed by atoms with Crippen molar-refractivity contribution < 1.29 is 0 Å². The summed E-state index contributed by atoms with van der Waals surface area (Å²) in [6, 6.07) is 2.36. The normalized spacial score (nSPS) is 35.5. The molecule has 2 nitrogen and oxygen atoms in total. The Bertz CT molecular complexity index is 183. The van der Waals surface area contributed by atoms with E-state index in [-0.39, 0.29) is 0 Å². The number of hydrogen-bond donors (Lipinski definition) is 0. The molecule has 2 fully saturated rings. The molecule has 0 aromatic carbocycles. The van der Waals surface area contributed by atoms with Crippen LogP contribution in [0.1, 0.15) is 27.7 Å². The van der Waals surface area contributed by atoms with E-state index in [2.05, 4.69) is 37.5 Å². The first-order valence-electron chi connectivity index (χ1n) is 5.59. The van der Waals surface area contributed by atoms with Gasteiger partial charge in [-0.15, -0.1) is 0 Å². The lowest BCUT2D eigenvalue weighted by Gasteiger charge is -2.46. The largest absolute Gasteiger partial charge is 0.299 e. The monoisotopic (exact) mass is 182 g/mol. The predicted molar refractivity (Wildman–Crippen MR) is 55.8 cm³/mol. The third-order valence-electron chi connectivity index (χ3n) is 3.70. The van der Waals surface area contributed by atoms with Crippen molar-refractivity contribution >= 4 is 0 Å². The molecule has 0 aromatic heterocycles. The maximum Gasteiger partial charge on any atom is 0.0278 e. The SMILES string of the molecule is CC(C)N1CC2CN(C(C)C)C2C1. The van der Waals surface area contributed by atoms with Crippen LogP contribution in [0.4, 0.5) is 0 Å². The molecular formula is C11H22N2. The average molecular weight is 182 g/mol. The van der Waals surface area contributed by atoms with Gasteiger partial charge in [0.15, 0.2) is 0 Å². The molecule has 0 saturated carbocycles. The van der Waals surface area contributed by atoms with Gasteiger partial charge in [0.2, 0.25) is 0 Å². The van der Waals surface area contributed by atoms with Crippen molar-refractivity contribution in [1.29, 1.82) is 0 Å². The maximum absolute atomic E-state index is 2.65. The van der Waals surface area contributed by atoms with Crippen molar-refractivity contribution in [3.63, 3.8) is 0 Å². The van der Waals surface area contributed by atoms with E-state index < -0.39 is 0 Å². The topological polar surface area (TPSA) is 6.48 Å². The summed E-state index contributed by atoms with van der Waals surface area (Å²) in [6.07, 6.45) is 0. The first-order valence-corrected chi connectivity index (χ1v) is 5.59. The molecule has 2 atom stereocenters. The number of likely N-dealkylation sites (tertiary alicyclic amines) is 2. The number of hydrogen-bond acceptors (Lipinski definition) is 2. The molecule has 2 heteroatoms. The fourth-order valence-electron chi connectivity index (χ4n) is 2.73. The standard InChI is InChI=1S/C11H22N2/c1-8(2)12-5-10-6-13(9(3)4)11(10)7-12/h8-11H,5-7H2,1-4H3. The van der Waals surface area contributed by atoms with Crippen molar-refractivity contribution in [3.05, 3.63) is 0 Å². The van der Waals surface area contributed by atoms with Gasteiger partial charge in [-0.2, -0.15) is 0 Å². The highest BCUT2D eigenvalue weighted by molar-refractivity contribution is 5.01. The van der Waals surface area contributed by atoms with E-state index in [0.717, 1.165) is 24.0 Å². The molecule has 13 heavy (non-hydrogen) atoms. The second kappa shape index (κ2) is 3.25. The van der Waals surface area contributed by atoms with Gasteiger partial charge in [0, 0.05) is 43.7 Å². The molecular weight excluding hydrogens is 160 g/mol. The van der Waals surface area contributed by atoms with E-state index in [1.54, 1.807) is 0 Å². The zero-order chi connectivity index (χ0) is 9.59. The van der Waals surface area contributed by atoms with Gasteiger partial charge in [0.1, 0.15) is 0 Å². The lowest BCUT2D eigenvalue weighted by molar-refractivity contribution is 0.0215. The minimum Gasteiger partial charge on any atom is -0.299 e. The lowest BCUT2D eigenvalue weighted by atomic mass is 9.90. The van der Waals surface area contributed by atoms with Crippen LogP contribution in [0, 0.1) is 5.92 Å². The Kier molecular flexibility index (Phi) is 2.37. The van der Waals surface area contributed by atoms with Crippen LogP contribution in [0.2, 0.25) is 0 Å². The summed E-state index contributed by atoms with van der Waals surface area (Å²) in [5.74, 6) is 0.977. The zero-order valence-corrected chi connectivity index (χ0v) is 9.33. The van der Waals surface area contributed by atoms with Crippen LogP contribution in [0.15, 0.2) is 0 Å². The maximum atomic E-state index is 2.65. The molecule has 2 rings (SSSR count). The second-order valence-electron chi connectivity index (χ2n) is 5.17. The summed E-state index contributed by atoms with van der Waals surface area (Å²) < 4.78 is 0. The van der Waals surface area contributed by atoms with Gasteiger partial charge >= 0.3 is 0 Å². The third-order valence-corrected chi connectivity index (χ3v) is 3.70. The van der Waals surface area contributed by atoms with Gasteiger partial charge in [0.25, 0.3) is 0 Å². The summed E-state index contributed by atoms with van der Waals surface area (Å²) in [7, 11) is 0. The molecule has 0 aliphatic carbocycles. The fourth-order valence-corrected chi connectivity index (χ4v) is 2.73. The van der Waals surface area contributed by atoms with E-state index in [1.165, 1.54) is 19.6 Å². The minimum absolute atomic E-state index is 0.736. The van der Waals surface area contributed by atoms with Crippen LogP contribution in [-0.2, 0) is 0 Å². The minimum atomic E-state index is 0.736. The summed E-state index contributed by atoms with van der Waals surface area (Å²) in [4.78, 5) is 5.27. The smallest absolute Gasteiger partial charge is 0.0278 e. The lowest BCUT2D eigenvalue weighted by Crippen LogP contribution is -2.58. The van der Waals surface area contributed by atoms with Crippen LogP contribution in [0.25, 0.3) is 0 Å². The first-order chi connectivity index (χ1) is 6.09. The summed E-state index contributed by atoms with van der Waals surface area (Å²) in [6.45, 7) is 13.2. The molecule has 2 heterocycles. The molecule has 0 spiro atoms. The van der Waals surface area contributed by atoms with Crippen LogP contribution in [0.5, 0.6) is 0 Å². The second-order valence-corrected chi connectivity index (χ2v) is 5.17. The van der Waals surface area contributed by atoms with E-state index >= 15 is 0 Å². The summed E-state index contributed by atoms with van der Waals surface area (Å²) in [5.41, 5.74) is 0. The Morgan fingerprint density at radius 1 is 0.923 bits per heavy atom. The van der Waals surface area contributed by atoms with E-state index in [9.17, 15) is 0 Å². The highest BCUT2D eigenvalue weighted by Crippen LogP contribution is 2.34. The Morgan fingerprint density at radius 2 is 1.62 bits per heavy atom. The molecule has 0 N–H and O–H groups in total. The third kappa shape index (κ3) is 1.50. The van der Waals surface area contributed by atoms with Crippen LogP contribution >= 0.6 is 0 Å². The highest BCUT2D eigenvalue weighted by atomic mass is 15.3. The number of nitrogens with zero attached hydrogens (tertiary/aromatic N) is 2. The van der Waals surface area contributed by atoms with Crippen molar-refractivity contribution in [1.82, 2.24) is 9.80 Å². The fraction of sp³-hybridized carbons (Fsp3) is 1.00. The molecule has 2 unspecified atom stereocenters. The van der Waals surface area contributed by atoms with Gasteiger partial charge in [-0.25, -0.2) is 0 Å². The Hall–Kier alpha value is -0.0800. The first kappa shape index (κ1) is 9.47. The number of rotatable bonds is 2. The quantitative estimate of drug-likeness (QED) is 0.637. The average Bonchev–Trinajstić information content (AvgIpc) is 2.28. The van der Waals surface area contributed by atoms with Gasteiger partial charge in [-0.05, 0) is 27.7 Å². The van der Waals surface area contributed by atoms with Gasteiger partial charge < -0.3 is 0 Å². The van der Waals surface area contributed by atoms with Gasteiger partial charge in [0.05, 0.1) is 0 Å². The van der Waals surface area contributed by atoms with Gasteiger partial charge in [-0.1, -0.05) is 0 Å². The number of fused-ring (bicyclic) bond motifs is 1. The Labute approximate surface area is 81.9 Å². The van der Waals surface area contributed by atoms with Crippen LogP contribution in [0.3, 0.4) is 0 Å². The summed E-state index contributed by atoms with van der Waals surface area (Å²) in [5, 5.41) is 0. The van der Waals surface area contributed by atoms with E-state index in [4.69, 9.17) is 0 Å².